The van der Waals surface area contributed by atoms with Crippen LogP contribution in [0.5, 0.6) is 0 Å². The van der Waals surface area contributed by atoms with Crippen LogP contribution < -0.4 is 9.80 Å². The van der Waals surface area contributed by atoms with Gasteiger partial charge < -0.3 is 9.80 Å². The number of nitrogens with zero attached hydrogens (tertiary/aromatic N) is 2. The second kappa shape index (κ2) is 16.7. The molecular weight excluding hydrogens is 829 g/mol. The molecule has 324 valence electrons. The molecule has 9 aromatic rings. The Morgan fingerprint density at radius 1 is 0.358 bits per heavy atom. The standard InChI is InChI=1S/C64H52N2S/c1-3-11-47(12-4-1)53-38-54(48-13-5-2-6-14-48)40-59(39-53)65(56-29-21-50(22-30-56)49-19-27-55(28-20-49)64-41-44-35-45(42-64)37-46(36-44)43-64)57-31-23-51(24-32-57)52-25-33-58(34-26-52)66-60-15-7-9-17-62(60)67-63-18-10-8-16-61(63)66/h1-34,38-40,44-46H,35-37,41-43H2. The van der Waals surface area contributed by atoms with Crippen LogP contribution >= 0.6 is 11.8 Å². The number of hydrogen-bond acceptors (Lipinski definition) is 3. The first kappa shape index (κ1) is 40.2. The van der Waals surface area contributed by atoms with E-state index in [1.54, 1.807) is 5.56 Å². The van der Waals surface area contributed by atoms with E-state index in [0.29, 0.717) is 5.41 Å². The molecule has 1 aliphatic heterocycles. The molecule has 9 aromatic carbocycles. The summed E-state index contributed by atoms with van der Waals surface area (Å²) in [7, 11) is 0. The fraction of sp³-hybridized carbons (Fsp3) is 0.156. The molecule has 4 fully saturated rings. The molecule has 14 rings (SSSR count). The third-order valence-electron chi connectivity index (χ3n) is 15.4. The molecule has 2 nitrogen and oxygen atoms in total. The topological polar surface area (TPSA) is 6.48 Å². The number of anilines is 6. The van der Waals surface area contributed by atoms with Crippen LogP contribution in [-0.4, -0.2) is 0 Å². The number of para-hydroxylation sites is 2. The van der Waals surface area contributed by atoms with Crippen molar-refractivity contribution in [1.29, 1.82) is 0 Å². The summed E-state index contributed by atoms with van der Waals surface area (Å²) >= 11 is 1.84. The van der Waals surface area contributed by atoms with Crippen molar-refractivity contribution in [1.82, 2.24) is 0 Å². The molecule has 0 N–H and O–H groups in total. The SMILES string of the molecule is c1ccc(-c2cc(-c3ccccc3)cc(N(c3ccc(-c4ccc(N5c6ccccc6Sc6ccccc65)cc4)cc3)c3ccc(-c4ccc(C56CC7CC(CC(C7)C5)C6)cc4)cc3)c2)cc1. The Morgan fingerprint density at radius 2 is 0.746 bits per heavy atom. The van der Waals surface area contributed by atoms with E-state index in [9.17, 15) is 0 Å². The lowest BCUT2D eigenvalue weighted by Gasteiger charge is -2.57. The third-order valence-corrected chi connectivity index (χ3v) is 16.5. The summed E-state index contributed by atoms with van der Waals surface area (Å²) in [6.07, 6.45) is 8.64. The van der Waals surface area contributed by atoms with E-state index in [0.717, 1.165) is 40.5 Å². The fourth-order valence-corrected chi connectivity index (χ4v) is 13.7. The molecule has 3 heteroatoms. The monoisotopic (exact) mass is 880 g/mol. The third kappa shape index (κ3) is 7.47. The van der Waals surface area contributed by atoms with Crippen molar-refractivity contribution in [2.45, 2.75) is 53.7 Å². The van der Waals surface area contributed by atoms with E-state index in [1.807, 2.05) is 11.8 Å². The average molecular weight is 881 g/mol. The van der Waals surface area contributed by atoms with Gasteiger partial charge in [-0.3, -0.25) is 0 Å². The van der Waals surface area contributed by atoms with Crippen LogP contribution in [0.4, 0.5) is 34.1 Å². The summed E-state index contributed by atoms with van der Waals surface area (Å²) in [5, 5.41) is 0. The van der Waals surface area contributed by atoms with Gasteiger partial charge in [-0.2, -0.15) is 0 Å². The van der Waals surface area contributed by atoms with Crippen LogP contribution in [0.15, 0.2) is 234 Å². The summed E-state index contributed by atoms with van der Waals surface area (Å²) < 4.78 is 0. The highest BCUT2D eigenvalue weighted by Gasteiger charge is 2.51. The maximum absolute atomic E-state index is 2.48. The van der Waals surface area contributed by atoms with Gasteiger partial charge in [-0.25, -0.2) is 0 Å². The minimum atomic E-state index is 0.412. The van der Waals surface area contributed by atoms with Crippen molar-refractivity contribution in [3.05, 3.63) is 230 Å². The highest BCUT2D eigenvalue weighted by atomic mass is 32.2. The molecule has 0 saturated heterocycles. The maximum Gasteiger partial charge on any atom is 0.0601 e. The van der Waals surface area contributed by atoms with Crippen molar-refractivity contribution in [2.75, 3.05) is 9.80 Å². The summed E-state index contributed by atoms with van der Waals surface area (Å²) in [4.78, 5) is 7.36. The fourth-order valence-electron chi connectivity index (χ4n) is 12.7. The van der Waals surface area contributed by atoms with Crippen LogP contribution in [-0.2, 0) is 5.41 Å². The molecule has 4 saturated carbocycles. The highest BCUT2D eigenvalue weighted by molar-refractivity contribution is 7.99. The van der Waals surface area contributed by atoms with E-state index < -0.39 is 0 Å². The molecule has 67 heavy (non-hydrogen) atoms. The van der Waals surface area contributed by atoms with Crippen LogP contribution in [0.2, 0.25) is 0 Å². The van der Waals surface area contributed by atoms with Crippen LogP contribution in [0, 0.1) is 17.8 Å². The Bertz CT molecular complexity index is 3070. The number of benzene rings is 9. The van der Waals surface area contributed by atoms with Gasteiger partial charge in [0.05, 0.1) is 11.4 Å². The molecule has 4 aliphatic carbocycles. The summed E-state index contributed by atoms with van der Waals surface area (Å²) in [6.45, 7) is 0. The highest BCUT2D eigenvalue weighted by Crippen LogP contribution is 2.61. The summed E-state index contributed by atoms with van der Waals surface area (Å²) in [5.74, 6) is 2.84. The lowest BCUT2D eigenvalue weighted by Crippen LogP contribution is -2.48. The molecule has 0 spiro atoms. The first-order valence-corrected chi connectivity index (χ1v) is 25.0. The molecule has 0 unspecified atom stereocenters. The van der Waals surface area contributed by atoms with Gasteiger partial charge in [0.25, 0.3) is 0 Å². The zero-order valence-corrected chi connectivity index (χ0v) is 38.5. The lowest BCUT2D eigenvalue weighted by molar-refractivity contribution is -0.00518. The smallest absolute Gasteiger partial charge is 0.0601 e. The Balaban J connectivity index is 0.853. The first-order valence-electron chi connectivity index (χ1n) is 24.2. The molecular formula is C64H52N2S. The van der Waals surface area contributed by atoms with E-state index in [-0.39, 0.29) is 0 Å². The predicted molar refractivity (Wildman–Crippen MR) is 282 cm³/mol. The van der Waals surface area contributed by atoms with Crippen molar-refractivity contribution in [3.63, 3.8) is 0 Å². The Hall–Kier alpha value is -7.07. The minimum Gasteiger partial charge on any atom is -0.310 e. The number of hydrogen-bond donors (Lipinski definition) is 0. The Kier molecular flexibility index (Phi) is 10.0. The summed E-state index contributed by atoms with van der Waals surface area (Å²) in [5.41, 5.74) is 18.6. The zero-order chi connectivity index (χ0) is 44.3. The van der Waals surface area contributed by atoms with Crippen molar-refractivity contribution in [2.24, 2.45) is 17.8 Å². The number of rotatable bonds is 9. The normalized spacial score (nSPS) is 20.0. The Morgan fingerprint density at radius 3 is 1.21 bits per heavy atom. The van der Waals surface area contributed by atoms with Crippen LogP contribution in [0.25, 0.3) is 44.5 Å². The summed E-state index contributed by atoms with van der Waals surface area (Å²) in [6, 6.07) is 83.1. The zero-order valence-electron chi connectivity index (χ0n) is 37.6. The molecule has 0 radical (unpaired) electrons. The van der Waals surface area contributed by atoms with Gasteiger partial charge in [0.1, 0.15) is 0 Å². The Labute approximate surface area is 399 Å². The van der Waals surface area contributed by atoms with E-state index in [2.05, 4.69) is 234 Å². The first-order chi connectivity index (χ1) is 33.1. The lowest BCUT2D eigenvalue weighted by atomic mass is 9.48. The van der Waals surface area contributed by atoms with Gasteiger partial charge in [-0.05, 0) is 191 Å². The van der Waals surface area contributed by atoms with Gasteiger partial charge in [0, 0.05) is 32.5 Å². The second-order valence-electron chi connectivity index (χ2n) is 19.6. The van der Waals surface area contributed by atoms with Crippen LogP contribution in [0.1, 0.15) is 44.1 Å². The minimum absolute atomic E-state index is 0.412. The van der Waals surface area contributed by atoms with Gasteiger partial charge in [-0.15, -0.1) is 0 Å². The molecule has 0 aromatic heterocycles. The van der Waals surface area contributed by atoms with Crippen molar-refractivity contribution < 1.29 is 0 Å². The molecule has 4 bridgehead atoms. The molecule has 0 atom stereocenters. The molecule has 5 aliphatic rings. The van der Waals surface area contributed by atoms with Crippen LogP contribution in [0.3, 0.4) is 0 Å². The quantitative estimate of drug-likeness (QED) is 0.143. The van der Waals surface area contributed by atoms with Gasteiger partial charge in [0.15, 0.2) is 0 Å². The van der Waals surface area contributed by atoms with Gasteiger partial charge in [0.2, 0.25) is 0 Å². The average Bonchev–Trinajstić information content (AvgIpc) is 3.39. The van der Waals surface area contributed by atoms with Gasteiger partial charge in [-0.1, -0.05) is 157 Å². The molecule has 1 heterocycles. The van der Waals surface area contributed by atoms with E-state index in [4.69, 9.17) is 0 Å². The maximum atomic E-state index is 2.48. The largest absolute Gasteiger partial charge is 0.310 e. The van der Waals surface area contributed by atoms with Gasteiger partial charge >= 0.3 is 0 Å². The predicted octanol–water partition coefficient (Wildman–Crippen LogP) is 18.2. The molecule has 0 amide bonds. The van der Waals surface area contributed by atoms with E-state index >= 15 is 0 Å². The second-order valence-corrected chi connectivity index (χ2v) is 20.7. The van der Waals surface area contributed by atoms with E-state index in [1.165, 1.54) is 104 Å². The van der Waals surface area contributed by atoms with Crippen molar-refractivity contribution >= 4 is 45.9 Å². The number of fused-ring (bicyclic) bond motifs is 2. The van der Waals surface area contributed by atoms with Crippen molar-refractivity contribution in [3.8, 4) is 44.5 Å².